The Bertz CT molecular complexity index is 467. The third kappa shape index (κ3) is 2.99. The number of pyridine rings is 1. The minimum atomic E-state index is -0.734. The van der Waals surface area contributed by atoms with Crippen LogP contribution in [0.1, 0.15) is 23.2 Å². The zero-order chi connectivity index (χ0) is 13.8. The standard InChI is InChI=1S/C12H18FN5O/c1-18-6-2-3-8(18)7-16-12(19)9-4-5-15-11(17-14)10(9)13/h4-5,8H,2-3,6-7,14H2,1H3,(H,15,17)(H,16,19). The lowest BCUT2D eigenvalue weighted by atomic mass is 10.2. The Labute approximate surface area is 111 Å². The molecule has 4 N–H and O–H groups in total. The second-order valence-corrected chi connectivity index (χ2v) is 4.65. The van der Waals surface area contributed by atoms with Gasteiger partial charge in [0.25, 0.3) is 5.91 Å². The van der Waals surface area contributed by atoms with Gasteiger partial charge in [-0.05, 0) is 32.5 Å². The monoisotopic (exact) mass is 267 g/mol. The fraction of sp³-hybridized carbons (Fsp3) is 0.500. The summed E-state index contributed by atoms with van der Waals surface area (Å²) in [5, 5.41) is 2.75. The molecule has 1 atom stereocenters. The van der Waals surface area contributed by atoms with E-state index in [1.807, 2.05) is 7.05 Å². The zero-order valence-corrected chi connectivity index (χ0v) is 10.8. The van der Waals surface area contributed by atoms with Crippen LogP contribution < -0.4 is 16.6 Å². The minimum Gasteiger partial charge on any atom is -0.350 e. The number of rotatable bonds is 4. The first-order valence-electron chi connectivity index (χ1n) is 6.23. The highest BCUT2D eigenvalue weighted by molar-refractivity contribution is 5.95. The molecule has 1 amide bonds. The summed E-state index contributed by atoms with van der Waals surface area (Å²) in [4.78, 5) is 17.8. The molecule has 7 heteroatoms. The molecule has 2 heterocycles. The Morgan fingerprint density at radius 2 is 2.47 bits per heavy atom. The number of nitrogen functional groups attached to an aromatic ring is 1. The van der Waals surface area contributed by atoms with E-state index in [1.165, 1.54) is 12.3 Å². The van der Waals surface area contributed by atoms with Crippen molar-refractivity contribution in [3.05, 3.63) is 23.6 Å². The summed E-state index contributed by atoms with van der Waals surface area (Å²) in [7, 11) is 2.02. The molecule has 1 aliphatic heterocycles. The van der Waals surface area contributed by atoms with Gasteiger partial charge in [0, 0.05) is 18.8 Å². The van der Waals surface area contributed by atoms with Crippen LogP contribution in [0, 0.1) is 5.82 Å². The Balaban J connectivity index is 2.00. The van der Waals surface area contributed by atoms with Gasteiger partial charge in [-0.2, -0.15) is 0 Å². The van der Waals surface area contributed by atoms with Crippen LogP contribution in [0.2, 0.25) is 0 Å². The number of likely N-dealkylation sites (N-methyl/N-ethyl adjacent to an activating group) is 1. The Kier molecular flexibility index (Phi) is 4.28. The van der Waals surface area contributed by atoms with E-state index in [9.17, 15) is 9.18 Å². The van der Waals surface area contributed by atoms with E-state index in [0.29, 0.717) is 12.6 Å². The van der Waals surface area contributed by atoms with Crippen molar-refractivity contribution in [2.45, 2.75) is 18.9 Å². The van der Waals surface area contributed by atoms with Crippen molar-refractivity contribution in [3.63, 3.8) is 0 Å². The molecule has 0 bridgehead atoms. The molecule has 0 spiro atoms. The van der Waals surface area contributed by atoms with Gasteiger partial charge in [0.15, 0.2) is 11.6 Å². The van der Waals surface area contributed by atoms with Crippen LogP contribution in [0.4, 0.5) is 10.2 Å². The first-order chi connectivity index (χ1) is 9.13. The number of likely N-dealkylation sites (tertiary alicyclic amines) is 1. The van der Waals surface area contributed by atoms with E-state index < -0.39 is 11.7 Å². The summed E-state index contributed by atoms with van der Waals surface area (Å²) in [6.45, 7) is 1.55. The van der Waals surface area contributed by atoms with E-state index in [0.717, 1.165) is 19.4 Å². The quantitative estimate of drug-likeness (QED) is 0.541. The summed E-state index contributed by atoms with van der Waals surface area (Å²) in [5.74, 6) is 3.81. The lowest BCUT2D eigenvalue weighted by Crippen LogP contribution is -2.38. The fourth-order valence-corrected chi connectivity index (χ4v) is 2.26. The van der Waals surface area contributed by atoms with Gasteiger partial charge in [-0.3, -0.25) is 4.79 Å². The normalized spacial score (nSPS) is 19.4. The van der Waals surface area contributed by atoms with Crippen LogP contribution in [-0.4, -0.2) is 42.0 Å². The molecular weight excluding hydrogens is 249 g/mol. The Morgan fingerprint density at radius 1 is 1.68 bits per heavy atom. The number of hydrogen-bond donors (Lipinski definition) is 3. The SMILES string of the molecule is CN1CCCC1CNC(=O)c1ccnc(NN)c1F. The number of nitrogens with zero attached hydrogens (tertiary/aromatic N) is 2. The number of hydrazine groups is 1. The Morgan fingerprint density at radius 3 is 3.11 bits per heavy atom. The van der Waals surface area contributed by atoms with Gasteiger partial charge >= 0.3 is 0 Å². The molecule has 1 aromatic heterocycles. The van der Waals surface area contributed by atoms with Crippen LogP contribution in [-0.2, 0) is 0 Å². The third-order valence-corrected chi connectivity index (χ3v) is 3.44. The molecule has 0 aromatic carbocycles. The first-order valence-corrected chi connectivity index (χ1v) is 6.23. The van der Waals surface area contributed by atoms with Crippen molar-refractivity contribution in [3.8, 4) is 0 Å². The van der Waals surface area contributed by atoms with E-state index >= 15 is 0 Å². The van der Waals surface area contributed by atoms with Crippen molar-refractivity contribution >= 4 is 11.7 Å². The summed E-state index contributed by atoms with van der Waals surface area (Å²) in [6, 6.07) is 1.66. The number of aromatic nitrogens is 1. The van der Waals surface area contributed by atoms with Crippen LogP contribution in [0.15, 0.2) is 12.3 Å². The van der Waals surface area contributed by atoms with Gasteiger partial charge in [0.2, 0.25) is 0 Å². The number of amides is 1. The van der Waals surface area contributed by atoms with Crippen molar-refractivity contribution < 1.29 is 9.18 Å². The van der Waals surface area contributed by atoms with Gasteiger partial charge in [0.1, 0.15) is 0 Å². The molecule has 1 aliphatic rings. The summed E-state index contributed by atoms with van der Waals surface area (Å²) < 4.78 is 13.8. The smallest absolute Gasteiger partial charge is 0.254 e. The molecule has 0 aliphatic carbocycles. The van der Waals surface area contributed by atoms with Gasteiger partial charge in [-0.15, -0.1) is 0 Å². The molecular formula is C12H18FN5O. The third-order valence-electron chi connectivity index (χ3n) is 3.44. The van der Waals surface area contributed by atoms with E-state index in [1.54, 1.807) is 0 Å². The maximum atomic E-state index is 13.8. The second kappa shape index (κ2) is 5.94. The van der Waals surface area contributed by atoms with E-state index in [2.05, 4.69) is 20.6 Å². The molecule has 104 valence electrons. The number of halogens is 1. The predicted octanol–water partition coefficient (Wildman–Crippen LogP) is 0.330. The van der Waals surface area contributed by atoms with Crippen molar-refractivity contribution in [2.75, 3.05) is 25.6 Å². The number of carbonyl (C=O) groups excluding carboxylic acids is 1. The number of nitrogens with two attached hydrogens (primary N) is 1. The molecule has 1 aromatic rings. The zero-order valence-electron chi connectivity index (χ0n) is 10.8. The van der Waals surface area contributed by atoms with Crippen LogP contribution in [0.5, 0.6) is 0 Å². The van der Waals surface area contributed by atoms with E-state index in [-0.39, 0.29) is 11.4 Å². The van der Waals surface area contributed by atoms with Crippen molar-refractivity contribution in [2.24, 2.45) is 5.84 Å². The highest BCUT2D eigenvalue weighted by Crippen LogP contribution is 2.15. The lowest BCUT2D eigenvalue weighted by molar-refractivity contribution is 0.0939. The Hall–Kier alpha value is -1.73. The molecule has 2 rings (SSSR count). The lowest BCUT2D eigenvalue weighted by Gasteiger charge is -2.19. The van der Waals surface area contributed by atoms with Crippen LogP contribution in [0.3, 0.4) is 0 Å². The second-order valence-electron chi connectivity index (χ2n) is 4.65. The predicted molar refractivity (Wildman–Crippen MR) is 70.0 cm³/mol. The number of carbonyl (C=O) groups is 1. The molecule has 6 nitrogen and oxygen atoms in total. The van der Waals surface area contributed by atoms with Crippen molar-refractivity contribution in [1.82, 2.24) is 15.2 Å². The number of nitrogens with one attached hydrogen (secondary N) is 2. The first kappa shape index (κ1) is 13.7. The molecule has 1 unspecified atom stereocenters. The average Bonchev–Trinajstić information content (AvgIpc) is 2.82. The molecule has 0 radical (unpaired) electrons. The van der Waals surface area contributed by atoms with Gasteiger partial charge in [-0.25, -0.2) is 15.2 Å². The molecule has 1 saturated heterocycles. The van der Waals surface area contributed by atoms with Crippen molar-refractivity contribution in [1.29, 1.82) is 0 Å². The number of hydrogen-bond acceptors (Lipinski definition) is 5. The molecule has 0 saturated carbocycles. The van der Waals surface area contributed by atoms with Crippen LogP contribution in [0.25, 0.3) is 0 Å². The minimum absolute atomic E-state index is 0.0522. The molecule has 19 heavy (non-hydrogen) atoms. The molecule has 1 fully saturated rings. The van der Waals surface area contributed by atoms with Gasteiger partial charge < -0.3 is 15.6 Å². The fourth-order valence-electron chi connectivity index (χ4n) is 2.26. The van der Waals surface area contributed by atoms with Crippen LogP contribution >= 0.6 is 0 Å². The average molecular weight is 267 g/mol. The summed E-state index contributed by atoms with van der Waals surface area (Å²) in [6.07, 6.45) is 3.52. The largest absolute Gasteiger partial charge is 0.350 e. The highest BCUT2D eigenvalue weighted by atomic mass is 19.1. The maximum absolute atomic E-state index is 13.8. The summed E-state index contributed by atoms with van der Waals surface area (Å²) >= 11 is 0. The van der Waals surface area contributed by atoms with Gasteiger partial charge in [0.05, 0.1) is 5.56 Å². The van der Waals surface area contributed by atoms with Gasteiger partial charge in [-0.1, -0.05) is 0 Å². The number of anilines is 1. The summed E-state index contributed by atoms with van der Waals surface area (Å²) in [5.41, 5.74) is 2.07. The maximum Gasteiger partial charge on any atom is 0.254 e. The van der Waals surface area contributed by atoms with E-state index in [4.69, 9.17) is 5.84 Å². The highest BCUT2D eigenvalue weighted by Gasteiger charge is 2.22. The topological polar surface area (TPSA) is 83.3 Å².